The van der Waals surface area contributed by atoms with Crippen molar-refractivity contribution in [3.8, 4) is 5.75 Å². The van der Waals surface area contributed by atoms with Crippen LogP contribution in [0, 0.1) is 0 Å². The van der Waals surface area contributed by atoms with Crippen LogP contribution in [0.4, 0.5) is 5.69 Å². The van der Waals surface area contributed by atoms with E-state index in [1.807, 2.05) is 0 Å². The maximum atomic E-state index is 12.7. The third-order valence-electron chi connectivity index (χ3n) is 3.90. The van der Waals surface area contributed by atoms with Crippen LogP contribution in [0.3, 0.4) is 0 Å². The lowest BCUT2D eigenvalue weighted by Gasteiger charge is -2.11. The van der Waals surface area contributed by atoms with E-state index >= 15 is 0 Å². The molecule has 0 saturated carbocycles. The standard InChI is InChI=1S/C19H16ClN3O5S/c1-28-16-8-7-13(20)11-15(16)21-17(24)12-23-19(25)10-9-18(22-23)29(26,27)14-5-3-2-4-6-14/h2-11H,12H2,1H3,(H,21,24). The highest BCUT2D eigenvalue weighted by molar-refractivity contribution is 7.91. The molecular weight excluding hydrogens is 418 g/mol. The first-order chi connectivity index (χ1) is 13.8. The second-order valence-corrected chi connectivity index (χ2v) is 8.21. The van der Waals surface area contributed by atoms with Crippen molar-refractivity contribution in [3.05, 3.63) is 76.0 Å². The average molecular weight is 434 g/mol. The molecule has 1 N–H and O–H groups in total. The molecule has 0 unspecified atom stereocenters. The summed E-state index contributed by atoms with van der Waals surface area (Å²) in [6.07, 6.45) is 0. The summed E-state index contributed by atoms with van der Waals surface area (Å²) in [7, 11) is -2.50. The summed E-state index contributed by atoms with van der Waals surface area (Å²) in [5, 5.41) is 6.48. The molecule has 0 aliphatic rings. The number of hydrogen-bond donors (Lipinski definition) is 1. The Bertz CT molecular complexity index is 1210. The molecular formula is C19H16ClN3O5S. The number of benzene rings is 2. The number of anilines is 1. The summed E-state index contributed by atoms with van der Waals surface area (Å²) >= 11 is 5.93. The normalized spacial score (nSPS) is 11.1. The number of hydrogen-bond acceptors (Lipinski definition) is 6. The van der Waals surface area contributed by atoms with Crippen LogP contribution in [0.15, 0.2) is 75.4 Å². The molecule has 2 aromatic carbocycles. The first-order valence-electron chi connectivity index (χ1n) is 8.33. The van der Waals surface area contributed by atoms with E-state index in [0.717, 1.165) is 16.8 Å². The highest BCUT2D eigenvalue weighted by Gasteiger charge is 2.21. The second kappa shape index (κ2) is 8.46. The lowest BCUT2D eigenvalue weighted by molar-refractivity contribution is -0.117. The van der Waals surface area contributed by atoms with Crippen LogP contribution >= 0.6 is 11.6 Å². The fourth-order valence-corrected chi connectivity index (χ4v) is 3.89. The molecule has 0 radical (unpaired) electrons. The van der Waals surface area contributed by atoms with Crippen LogP contribution in [-0.4, -0.2) is 31.2 Å². The third-order valence-corrected chi connectivity index (χ3v) is 5.80. The highest BCUT2D eigenvalue weighted by atomic mass is 35.5. The first kappa shape index (κ1) is 20.6. The smallest absolute Gasteiger partial charge is 0.267 e. The van der Waals surface area contributed by atoms with Gasteiger partial charge in [-0.15, -0.1) is 0 Å². The molecule has 29 heavy (non-hydrogen) atoms. The van der Waals surface area contributed by atoms with Crippen molar-refractivity contribution >= 4 is 33.0 Å². The number of ether oxygens (including phenoxy) is 1. The Morgan fingerprint density at radius 1 is 1.14 bits per heavy atom. The molecule has 0 saturated heterocycles. The topological polar surface area (TPSA) is 107 Å². The van der Waals surface area contributed by atoms with Crippen molar-refractivity contribution in [2.45, 2.75) is 16.5 Å². The lowest BCUT2D eigenvalue weighted by atomic mass is 10.3. The van der Waals surface area contributed by atoms with Crippen molar-refractivity contribution in [2.75, 3.05) is 12.4 Å². The Hall–Kier alpha value is -3.17. The van der Waals surface area contributed by atoms with E-state index in [2.05, 4.69) is 10.4 Å². The van der Waals surface area contributed by atoms with Crippen LogP contribution in [0.1, 0.15) is 0 Å². The minimum atomic E-state index is -3.93. The van der Waals surface area contributed by atoms with Gasteiger partial charge >= 0.3 is 0 Å². The molecule has 3 aromatic rings. The molecule has 150 valence electrons. The van der Waals surface area contributed by atoms with Gasteiger partial charge in [0.1, 0.15) is 12.3 Å². The zero-order valence-corrected chi connectivity index (χ0v) is 16.8. The SMILES string of the molecule is COc1ccc(Cl)cc1NC(=O)Cn1nc(S(=O)(=O)c2ccccc2)ccc1=O. The summed E-state index contributed by atoms with van der Waals surface area (Å²) in [5.41, 5.74) is -0.309. The Morgan fingerprint density at radius 3 is 2.55 bits per heavy atom. The van der Waals surface area contributed by atoms with Gasteiger partial charge in [-0.3, -0.25) is 9.59 Å². The monoisotopic (exact) mass is 433 g/mol. The summed E-state index contributed by atoms with van der Waals surface area (Å²) < 4.78 is 31.3. The van der Waals surface area contributed by atoms with Gasteiger partial charge in [0.05, 0.1) is 17.7 Å². The number of nitrogens with one attached hydrogen (secondary N) is 1. The quantitative estimate of drug-likeness (QED) is 0.639. The minimum absolute atomic E-state index is 0.0332. The molecule has 0 atom stereocenters. The number of rotatable bonds is 6. The van der Waals surface area contributed by atoms with E-state index in [1.54, 1.807) is 30.3 Å². The number of carbonyl (C=O) groups is 1. The number of aromatic nitrogens is 2. The Labute approximate surface area is 171 Å². The van der Waals surface area contributed by atoms with Gasteiger partial charge < -0.3 is 10.1 Å². The number of methoxy groups -OCH3 is 1. The summed E-state index contributed by atoms with van der Waals surface area (Å²) in [6, 6.07) is 14.5. The van der Waals surface area contributed by atoms with Gasteiger partial charge in [-0.2, -0.15) is 5.10 Å². The predicted octanol–water partition coefficient (Wildman–Crippen LogP) is 2.38. The van der Waals surface area contributed by atoms with E-state index in [4.69, 9.17) is 16.3 Å². The Morgan fingerprint density at radius 2 is 1.86 bits per heavy atom. The van der Waals surface area contributed by atoms with E-state index in [1.165, 1.54) is 25.3 Å². The summed E-state index contributed by atoms with van der Waals surface area (Å²) in [6.45, 7) is -0.493. The van der Waals surface area contributed by atoms with Gasteiger partial charge in [-0.05, 0) is 36.4 Å². The maximum absolute atomic E-state index is 12.7. The van der Waals surface area contributed by atoms with Crippen molar-refractivity contribution in [3.63, 3.8) is 0 Å². The fraction of sp³-hybridized carbons (Fsp3) is 0.105. The Kier molecular flexibility index (Phi) is 6.00. The molecule has 0 fully saturated rings. The van der Waals surface area contributed by atoms with Crippen LogP contribution in [0.5, 0.6) is 5.75 Å². The molecule has 0 aliphatic heterocycles. The van der Waals surface area contributed by atoms with E-state index in [-0.39, 0.29) is 9.92 Å². The molecule has 0 bridgehead atoms. The van der Waals surface area contributed by atoms with Crippen molar-refractivity contribution in [1.29, 1.82) is 0 Å². The number of carbonyl (C=O) groups excluding carboxylic acids is 1. The molecule has 1 aromatic heterocycles. The van der Waals surface area contributed by atoms with Crippen LogP contribution in [0.2, 0.25) is 5.02 Å². The van der Waals surface area contributed by atoms with Crippen LogP contribution in [-0.2, 0) is 21.2 Å². The number of nitrogens with zero attached hydrogens (tertiary/aromatic N) is 2. The van der Waals surface area contributed by atoms with Gasteiger partial charge in [0.2, 0.25) is 15.7 Å². The highest BCUT2D eigenvalue weighted by Crippen LogP contribution is 2.27. The fourth-order valence-electron chi connectivity index (χ4n) is 2.51. The number of halogens is 1. The van der Waals surface area contributed by atoms with Gasteiger partial charge in [0.25, 0.3) is 5.56 Å². The Balaban J connectivity index is 1.87. The van der Waals surface area contributed by atoms with Gasteiger partial charge in [-0.1, -0.05) is 29.8 Å². The molecule has 0 spiro atoms. The van der Waals surface area contributed by atoms with Crippen molar-refractivity contribution in [2.24, 2.45) is 0 Å². The number of amides is 1. The molecule has 3 rings (SSSR count). The maximum Gasteiger partial charge on any atom is 0.267 e. The van der Waals surface area contributed by atoms with E-state index in [9.17, 15) is 18.0 Å². The molecule has 1 heterocycles. The average Bonchev–Trinajstić information content (AvgIpc) is 2.70. The van der Waals surface area contributed by atoms with E-state index in [0.29, 0.717) is 16.5 Å². The first-order valence-corrected chi connectivity index (χ1v) is 10.2. The number of sulfone groups is 1. The zero-order valence-electron chi connectivity index (χ0n) is 15.2. The van der Waals surface area contributed by atoms with Crippen molar-refractivity contribution in [1.82, 2.24) is 9.78 Å². The van der Waals surface area contributed by atoms with Gasteiger partial charge in [0.15, 0.2) is 5.03 Å². The molecule has 10 heteroatoms. The minimum Gasteiger partial charge on any atom is -0.495 e. The van der Waals surface area contributed by atoms with Crippen LogP contribution < -0.4 is 15.6 Å². The zero-order chi connectivity index (χ0) is 21.0. The third kappa shape index (κ3) is 4.64. The lowest BCUT2D eigenvalue weighted by Crippen LogP contribution is -2.30. The molecule has 1 amide bonds. The summed E-state index contributed by atoms with van der Waals surface area (Å²) in [5.74, 6) is -0.224. The largest absolute Gasteiger partial charge is 0.495 e. The van der Waals surface area contributed by atoms with E-state index < -0.39 is 27.8 Å². The predicted molar refractivity (Wildman–Crippen MR) is 107 cm³/mol. The second-order valence-electron chi connectivity index (χ2n) is 5.88. The van der Waals surface area contributed by atoms with Gasteiger partial charge in [-0.25, -0.2) is 13.1 Å². The molecule has 0 aliphatic carbocycles. The van der Waals surface area contributed by atoms with Crippen molar-refractivity contribution < 1.29 is 17.9 Å². The summed E-state index contributed by atoms with van der Waals surface area (Å²) in [4.78, 5) is 24.5. The van der Waals surface area contributed by atoms with Gasteiger partial charge in [0, 0.05) is 11.1 Å². The van der Waals surface area contributed by atoms with Crippen LogP contribution in [0.25, 0.3) is 0 Å². The molecule has 8 nitrogen and oxygen atoms in total.